The summed E-state index contributed by atoms with van der Waals surface area (Å²) in [6.07, 6.45) is 0. The fourth-order valence-corrected chi connectivity index (χ4v) is 4.70. The Labute approximate surface area is 173 Å². The van der Waals surface area contributed by atoms with Gasteiger partial charge in [-0.15, -0.1) is 11.3 Å². The van der Waals surface area contributed by atoms with Crippen LogP contribution < -0.4 is 10.2 Å². The highest BCUT2D eigenvalue weighted by atomic mass is 32.1. The van der Waals surface area contributed by atoms with Crippen LogP contribution in [0, 0.1) is 26.6 Å². The number of amides is 1. The summed E-state index contributed by atoms with van der Waals surface area (Å²) >= 11 is 1.65. The van der Waals surface area contributed by atoms with Gasteiger partial charge in [0.1, 0.15) is 22.3 Å². The predicted molar refractivity (Wildman–Crippen MR) is 115 cm³/mol. The largest absolute Gasteiger partial charge is 0.368 e. The summed E-state index contributed by atoms with van der Waals surface area (Å²) in [4.78, 5) is 28.0. The molecule has 0 aliphatic carbocycles. The fourth-order valence-electron chi connectivity index (χ4n) is 3.62. The summed E-state index contributed by atoms with van der Waals surface area (Å²) in [6, 6.07) is 6.50. The van der Waals surface area contributed by atoms with E-state index in [1.807, 2.05) is 11.8 Å². The van der Waals surface area contributed by atoms with E-state index in [0.717, 1.165) is 40.4 Å². The number of thiophene rings is 1. The molecule has 0 atom stereocenters. The van der Waals surface area contributed by atoms with E-state index >= 15 is 0 Å². The van der Waals surface area contributed by atoms with Crippen LogP contribution in [-0.2, 0) is 4.79 Å². The number of rotatable bonds is 4. The first-order valence-electron chi connectivity index (χ1n) is 9.69. The normalized spacial score (nSPS) is 14.5. The molecule has 1 amide bonds. The molecule has 29 heavy (non-hydrogen) atoms. The first-order chi connectivity index (χ1) is 13.9. The third kappa shape index (κ3) is 4.03. The molecular weight excluding hydrogens is 389 g/mol. The first-order valence-corrected chi connectivity index (χ1v) is 10.5. The Morgan fingerprint density at radius 3 is 2.48 bits per heavy atom. The Morgan fingerprint density at radius 1 is 1.10 bits per heavy atom. The Hall–Kier alpha value is -2.74. The number of carbonyl (C=O) groups is 1. The molecule has 1 fully saturated rings. The summed E-state index contributed by atoms with van der Waals surface area (Å²) < 4.78 is 13.1. The third-order valence-corrected chi connectivity index (χ3v) is 6.47. The number of nitrogens with one attached hydrogen (secondary N) is 1. The van der Waals surface area contributed by atoms with Crippen LogP contribution in [0.15, 0.2) is 24.3 Å². The Kier molecular flexibility index (Phi) is 5.36. The topological polar surface area (TPSA) is 61.4 Å². The van der Waals surface area contributed by atoms with Gasteiger partial charge in [-0.1, -0.05) is 0 Å². The molecule has 1 aliphatic rings. The van der Waals surface area contributed by atoms with Gasteiger partial charge in [-0.3, -0.25) is 4.79 Å². The third-order valence-electron chi connectivity index (χ3n) is 5.37. The average molecular weight is 414 g/mol. The minimum atomic E-state index is -0.237. The number of carbonyl (C=O) groups excluding carboxylic acids is 1. The van der Waals surface area contributed by atoms with Crippen molar-refractivity contribution in [2.75, 3.05) is 42.9 Å². The van der Waals surface area contributed by atoms with Crippen LogP contribution in [0.1, 0.15) is 16.3 Å². The van der Waals surface area contributed by atoms with Crippen molar-refractivity contribution in [2.24, 2.45) is 0 Å². The quantitative estimate of drug-likeness (QED) is 0.709. The predicted octanol–water partition coefficient (Wildman–Crippen LogP) is 3.52. The Balaban J connectivity index is 1.39. The molecular formula is C21H24FN5OS. The summed E-state index contributed by atoms with van der Waals surface area (Å²) in [5.41, 5.74) is 2.15. The van der Waals surface area contributed by atoms with E-state index in [4.69, 9.17) is 0 Å². The molecule has 0 saturated carbocycles. The van der Waals surface area contributed by atoms with Crippen molar-refractivity contribution in [3.8, 4) is 0 Å². The molecule has 3 heterocycles. The number of hydrogen-bond donors (Lipinski definition) is 1. The van der Waals surface area contributed by atoms with Crippen molar-refractivity contribution in [3.63, 3.8) is 0 Å². The molecule has 1 N–H and O–H groups in total. The highest BCUT2D eigenvalue weighted by Crippen LogP contribution is 2.33. The van der Waals surface area contributed by atoms with E-state index in [1.165, 1.54) is 17.0 Å². The van der Waals surface area contributed by atoms with Crippen molar-refractivity contribution in [2.45, 2.75) is 20.8 Å². The fraction of sp³-hybridized carbons (Fsp3) is 0.381. The van der Waals surface area contributed by atoms with Crippen LogP contribution >= 0.6 is 11.3 Å². The van der Waals surface area contributed by atoms with Gasteiger partial charge in [0.15, 0.2) is 0 Å². The number of aryl methyl sites for hydroxylation is 3. The molecule has 0 unspecified atom stereocenters. The van der Waals surface area contributed by atoms with Gasteiger partial charge in [0.2, 0.25) is 5.91 Å². The van der Waals surface area contributed by atoms with Crippen LogP contribution in [0.25, 0.3) is 10.2 Å². The number of benzene rings is 1. The monoisotopic (exact) mass is 413 g/mol. The zero-order valence-electron chi connectivity index (χ0n) is 16.8. The average Bonchev–Trinajstić information content (AvgIpc) is 3.00. The Bertz CT molecular complexity index is 1040. The molecule has 8 heteroatoms. The van der Waals surface area contributed by atoms with Gasteiger partial charge in [0, 0.05) is 36.7 Å². The minimum Gasteiger partial charge on any atom is -0.368 e. The van der Waals surface area contributed by atoms with Crippen molar-refractivity contribution in [1.29, 1.82) is 0 Å². The Morgan fingerprint density at radius 2 is 1.79 bits per heavy atom. The minimum absolute atomic E-state index is 0.0535. The molecule has 1 saturated heterocycles. The maximum absolute atomic E-state index is 13.1. The lowest BCUT2D eigenvalue weighted by Crippen LogP contribution is -2.50. The van der Waals surface area contributed by atoms with E-state index in [9.17, 15) is 9.18 Å². The maximum Gasteiger partial charge on any atom is 0.242 e. The van der Waals surface area contributed by atoms with Crippen LogP contribution in [-0.4, -0.2) is 53.5 Å². The number of fused-ring (bicyclic) bond motifs is 1. The van der Waals surface area contributed by atoms with E-state index in [0.29, 0.717) is 18.9 Å². The van der Waals surface area contributed by atoms with Gasteiger partial charge in [-0.25, -0.2) is 14.4 Å². The zero-order valence-corrected chi connectivity index (χ0v) is 17.6. The van der Waals surface area contributed by atoms with E-state index in [-0.39, 0.29) is 18.3 Å². The lowest BCUT2D eigenvalue weighted by atomic mass is 10.2. The van der Waals surface area contributed by atoms with Crippen LogP contribution in [0.4, 0.5) is 15.9 Å². The second-order valence-electron chi connectivity index (χ2n) is 7.28. The first kappa shape index (κ1) is 19.6. The SMILES string of the molecule is Cc1nc(NCC(=O)N2CCN(c3ccc(F)cc3)CC2)c2c(C)c(C)sc2n1. The molecule has 0 spiro atoms. The second kappa shape index (κ2) is 7.94. The van der Waals surface area contributed by atoms with Crippen LogP contribution in [0.2, 0.25) is 0 Å². The molecule has 2 aromatic heterocycles. The second-order valence-corrected chi connectivity index (χ2v) is 8.48. The molecule has 0 bridgehead atoms. The smallest absolute Gasteiger partial charge is 0.242 e. The maximum atomic E-state index is 13.1. The summed E-state index contributed by atoms with van der Waals surface area (Å²) in [5, 5.41) is 4.24. The van der Waals surface area contributed by atoms with Crippen molar-refractivity contribution in [1.82, 2.24) is 14.9 Å². The lowest BCUT2D eigenvalue weighted by molar-refractivity contribution is -0.129. The summed E-state index contributed by atoms with van der Waals surface area (Å²) in [5.74, 6) is 1.24. The van der Waals surface area contributed by atoms with Crippen molar-refractivity contribution < 1.29 is 9.18 Å². The summed E-state index contributed by atoms with van der Waals surface area (Å²) in [7, 11) is 0. The number of hydrogen-bond acceptors (Lipinski definition) is 6. The van der Waals surface area contributed by atoms with Gasteiger partial charge < -0.3 is 15.1 Å². The number of nitrogens with zero attached hydrogens (tertiary/aromatic N) is 4. The van der Waals surface area contributed by atoms with Crippen molar-refractivity contribution >= 4 is 39.0 Å². The number of halogens is 1. The highest BCUT2D eigenvalue weighted by molar-refractivity contribution is 7.18. The van der Waals surface area contributed by atoms with Gasteiger partial charge in [0.25, 0.3) is 0 Å². The zero-order chi connectivity index (χ0) is 20.5. The van der Waals surface area contributed by atoms with Gasteiger partial charge in [0.05, 0.1) is 11.9 Å². The molecule has 4 rings (SSSR count). The molecule has 1 aromatic carbocycles. The highest BCUT2D eigenvalue weighted by Gasteiger charge is 2.22. The standard InChI is InChI=1S/C21H24FN5OS/c1-13-14(2)29-21-19(13)20(24-15(3)25-21)23-12-18(28)27-10-8-26(9-11-27)17-6-4-16(22)5-7-17/h4-7H,8-12H2,1-3H3,(H,23,24,25). The molecule has 152 valence electrons. The molecule has 0 radical (unpaired) electrons. The summed E-state index contributed by atoms with van der Waals surface area (Å²) in [6.45, 7) is 8.97. The van der Waals surface area contributed by atoms with Gasteiger partial charge in [-0.2, -0.15) is 0 Å². The number of piperazine rings is 1. The molecule has 3 aromatic rings. The lowest BCUT2D eigenvalue weighted by Gasteiger charge is -2.36. The molecule has 6 nitrogen and oxygen atoms in total. The van der Waals surface area contributed by atoms with Gasteiger partial charge >= 0.3 is 0 Å². The van der Waals surface area contributed by atoms with E-state index < -0.39 is 0 Å². The van der Waals surface area contributed by atoms with E-state index in [2.05, 4.69) is 34.0 Å². The number of anilines is 2. The van der Waals surface area contributed by atoms with Crippen LogP contribution in [0.3, 0.4) is 0 Å². The number of aromatic nitrogens is 2. The van der Waals surface area contributed by atoms with Gasteiger partial charge in [-0.05, 0) is 50.6 Å². The van der Waals surface area contributed by atoms with Crippen LogP contribution in [0.5, 0.6) is 0 Å². The van der Waals surface area contributed by atoms with Crippen molar-refractivity contribution in [3.05, 3.63) is 46.3 Å². The molecule has 1 aliphatic heterocycles. The van der Waals surface area contributed by atoms with E-state index in [1.54, 1.807) is 23.5 Å².